The summed E-state index contributed by atoms with van der Waals surface area (Å²) in [6.07, 6.45) is 0.0535. The van der Waals surface area contributed by atoms with Gasteiger partial charge in [-0.05, 0) is 48.5 Å². The van der Waals surface area contributed by atoms with Gasteiger partial charge in [-0.15, -0.1) is 0 Å². The Kier molecular flexibility index (Phi) is 6.32. The van der Waals surface area contributed by atoms with Crippen molar-refractivity contribution in [3.8, 4) is 17.6 Å². The largest absolute Gasteiger partial charge is 0.587 e. The molecule has 0 radical (unpaired) electrons. The molecule has 0 N–H and O–H groups in total. The molecule has 0 aliphatic rings. The topological polar surface area (TPSA) is 68.5 Å². The van der Waals surface area contributed by atoms with Gasteiger partial charge in [0.25, 0.3) is 0 Å². The molecule has 0 saturated carbocycles. The standard InChI is InChI=1S/C15H12Cl2NO4P/c16-12-2-6-14(7-3-12)21-23(19,20-11-1-10-18)22-15-8-4-13(17)5-9-15/h2-9H,1,11H2. The van der Waals surface area contributed by atoms with E-state index in [1.807, 2.05) is 6.07 Å². The second kappa shape index (κ2) is 8.24. The monoisotopic (exact) mass is 371 g/mol. The normalized spacial score (nSPS) is 10.8. The highest BCUT2D eigenvalue weighted by atomic mass is 35.5. The molecular weight excluding hydrogens is 360 g/mol. The molecule has 2 rings (SSSR count). The Morgan fingerprint density at radius 1 is 0.913 bits per heavy atom. The summed E-state index contributed by atoms with van der Waals surface area (Å²) in [5.41, 5.74) is 0. The van der Waals surface area contributed by atoms with Gasteiger partial charge in [0.15, 0.2) is 0 Å². The third-order valence-electron chi connectivity index (χ3n) is 2.52. The van der Waals surface area contributed by atoms with E-state index in [-0.39, 0.29) is 24.5 Å². The second-order valence-corrected chi connectivity index (χ2v) is 6.67. The van der Waals surface area contributed by atoms with Crippen molar-refractivity contribution in [1.29, 1.82) is 5.26 Å². The molecule has 0 bridgehead atoms. The van der Waals surface area contributed by atoms with Crippen molar-refractivity contribution >= 4 is 31.0 Å². The lowest BCUT2D eigenvalue weighted by Crippen LogP contribution is -2.06. The van der Waals surface area contributed by atoms with Crippen molar-refractivity contribution in [2.75, 3.05) is 6.61 Å². The summed E-state index contributed by atoms with van der Waals surface area (Å²) < 4.78 is 28.6. The zero-order valence-corrected chi connectivity index (χ0v) is 14.2. The molecule has 0 atom stereocenters. The molecule has 0 unspecified atom stereocenters. The quantitative estimate of drug-likeness (QED) is 0.475. The molecule has 2 aromatic rings. The van der Waals surface area contributed by atoms with Gasteiger partial charge in [0.05, 0.1) is 19.1 Å². The molecule has 0 fully saturated rings. The average molecular weight is 372 g/mol. The van der Waals surface area contributed by atoms with Crippen LogP contribution in [0.5, 0.6) is 11.5 Å². The van der Waals surface area contributed by atoms with Crippen molar-refractivity contribution in [3.63, 3.8) is 0 Å². The van der Waals surface area contributed by atoms with Crippen molar-refractivity contribution in [2.45, 2.75) is 6.42 Å². The molecule has 23 heavy (non-hydrogen) atoms. The second-order valence-electron chi connectivity index (χ2n) is 4.28. The van der Waals surface area contributed by atoms with Gasteiger partial charge < -0.3 is 9.05 Å². The van der Waals surface area contributed by atoms with Crippen molar-refractivity contribution in [2.24, 2.45) is 0 Å². The van der Waals surface area contributed by atoms with Crippen molar-refractivity contribution < 1.29 is 18.1 Å². The number of nitrogens with zero attached hydrogens (tertiary/aromatic N) is 1. The first kappa shape index (κ1) is 17.7. The summed E-state index contributed by atoms with van der Waals surface area (Å²) in [6.45, 7) is -0.0883. The molecule has 0 heterocycles. The Balaban J connectivity index is 2.17. The molecular formula is C15H12Cl2NO4P. The fraction of sp³-hybridized carbons (Fsp3) is 0.133. The smallest absolute Gasteiger partial charge is 0.395 e. The minimum absolute atomic E-state index is 0.0535. The summed E-state index contributed by atoms with van der Waals surface area (Å²) in [6, 6.07) is 14.4. The maximum absolute atomic E-state index is 12.8. The molecule has 8 heteroatoms. The van der Waals surface area contributed by atoms with Crippen LogP contribution >= 0.6 is 31.0 Å². The van der Waals surface area contributed by atoms with E-state index in [4.69, 9.17) is 42.0 Å². The van der Waals surface area contributed by atoms with E-state index in [1.165, 1.54) is 24.3 Å². The van der Waals surface area contributed by atoms with E-state index in [1.54, 1.807) is 24.3 Å². The van der Waals surface area contributed by atoms with Gasteiger partial charge in [0, 0.05) is 10.0 Å². The summed E-state index contributed by atoms with van der Waals surface area (Å²) >= 11 is 11.6. The lowest BCUT2D eigenvalue weighted by atomic mass is 10.3. The lowest BCUT2D eigenvalue weighted by Gasteiger charge is -2.18. The van der Waals surface area contributed by atoms with E-state index in [0.29, 0.717) is 10.0 Å². The van der Waals surface area contributed by atoms with Crippen molar-refractivity contribution in [1.82, 2.24) is 0 Å². The van der Waals surface area contributed by atoms with E-state index in [2.05, 4.69) is 0 Å². The molecule has 0 aliphatic heterocycles. The van der Waals surface area contributed by atoms with Gasteiger partial charge in [0.1, 0.15) is 11.5 Å². The van der Waals surface area contributed by atoms with E-state index in [9.17, 15) is 4.57 Å². The number of phosphoric acid groups is 1. The fourth-order valence-electron chi connectivity index (χ4n) is 1.52. The van der Waals surface area contributed by atoms with Crippen LogP contribution in [0.1, 0.15) is 6.42 Å². The Morgan fingerprint density at radius 3 is 1.74 bits per heavy atom. The van der Waals surface area contributed by atoms with E-state index in [0.717, 1.165) is 0 Å². The van der Waals surface area contributed by atoms with Crippen molar-refractivity contribution in [3.05, 3.63) is 58.6 Å². The van der Waals surface area contributed by atoms with Crippen LogP contribution in [0.25, 0.3) is 0 Å². The van der Waals surface area contributed by atoms with Crippen LogP contribution in [-0.4, -0.2) is 6.61 Å². The third kappa shape index (κ3) is 5.78. The van der Waals surface area contributed by atoms with Gasteiger partial charge >= 0.3 is 7.82 Å². The maximum atomic E-state index is 12.8. The van der Waals surface area contributed by atoms with Gasteiger partial charge in [0.2, 0.25) is 0 Å². The van der Waals surface area contributed by atoms with Crippen LogP contribution in [-0.2, 0) is 9.09 Å². The highest BCUT2D eigenvalue weighted by molar-refractivity contribution is 7.49. The van der Waals surface area contributed by atoms with Crippen LogP contribution < -0.4 is 9.05 Å². The Bertz CT molecular complexity index is 677. The lowest BCUT2D eigenvalue weighted by molar-refractivity contribution is 0.213. The average Bonchev–Trinajstić information content (AvgIpc) is 2.52. The first-order valence-electron chi connectivity index (χ1n) is 6.53. The van der Waals surface area contributed by atoms with E-state index >= 15 is 0 Å². The highest BCUT2D eigenvalue weighted by Gasteiger charge is 2.30. The Labute approximate surface area is 143 Å². The van der Waals surface area contributed by atoms with Crippen LogP contribution in [0.2, 0.25) is 10.0 Å². The minimum atomic E-state index is -3.96. The molecule has 0 aliphatic carbocycles. The molecule has 0 aromatic heterocycles. The summed E-state index contributed by atoms with van der Waals surface area (Å²) in [5, 5.41) is 9.59. The molecule has 2 aromatic carbocycles. The first-order chi connectivity index (χ1) is 11.0. The predicted octanol–water partition coefficient (Wildman–Crippen LogP) is 5.49. The number of hydrogen-bond donors (Lipinski definition) is 0. The van der Waals surface area contributed by atoms with Gasteiger partial charge in [-0.25, -0.2) is 4.57 Å². The number of benzene rings is 2. The Hall–Kier alpha value is -1.70. The number of halogens is 2. The van der Waals surface area contributed by atoms with Gasteiger partial charge in [-0.1, -0.05) is 23.2 Å². The summed E-state index contributed by atoms with van der Waals surface area (Å²) in [4.78, 5) is 0. The van der Waals surface area contributed by atoms with E-state index < -0.39 is 7.82 Å². The third-order valence-corrected chi connectivity index (χ3v) is 4.40. The highest BCUT2D eigenvalue weighted by Crippen LogP contribution is 2.49. The van der Waals surface area contributed by atoms with Crippen LogP contribution in [0.4, 0.5) is 0 Å². The van der Waals surface area contributed by atoms with Gasteiger partial charge in [-0.3, -0.25) is 4.52 Å². The molecule has 5 nitrogen and oxygen atoms in total. The summed E-state index contributed by atoms with van der Waals surface area (Å²) in [7, 11) is -3.96. The molecule has 0 amide bonds. The molecule has 0 saturated heterocycles. The fourth-order valence-corrected chi connectivity index (χ4v) is 2.99. The number of rotatable bonds is 7. The maximum Gasteiger partial charge on any atom is 0.587 e. The van der Waals surface area contributed by atoms with Crippen LogP contribution in [0, 0.1) is 11.3 Å². The Morgan fingerprint density at radius 2 is 1.35 bits per heavy atom. The number of hydrogen-bond acceptors (Lipinski definition) is 5. The zero-order chi connectivity index (χ0) is 16.7. The molecule has 120 valence electrons. The van der Waals surface area contributed by atoms with Crippen LogP contribution in [0.3, 0.4) is 0 Å². The molecule has 0 spiro atoms. The number of nitriles is 1. The summed E-state index contributed by atoms with van der Waals surface area (Å²) in [5.74, 6) is 0.535. The van der Waals surface area contributed by atoms with Crippen LogP contribution in [0.15, 0.2) is 48.5 Å². The first-order valence-corrected chi connectivity index (χ1v) is 8.74. The number of phosphoric ester groups is 1. The van der Waals surface area contributed by atoms with Gasteiger partial charge in [-0.2, -0.15) is 5.26 Å². The SMILES string of the molecule is N#CCCOP(=O)(Oc1ccc(Cl)cc1)Oc1ccc(Cl)cc1. The minimum Gasteiger partial charge on any atom is -0.395 e. The zero-order valence-electron chi connectivity index (χ0n) is 11.8. The predicted molar refractivity (Wildman–Crippen MR) is 87.9 cm³/mol.